The Bertz CT molecular complexity index is 1450. The van der Waals surface area contributed by atoms with Crippen molar-refractivity contribution in [2.24, 2.45) is 0 Å². The molecule has 4 heterocycles. The molecule has 0 saturated heterocycles. The van der Waals surface area contributed by atoms with Gasteiger partial charge in [0.2, 0.25) is 13.6 Å². The number of aromatic nitrogens is 2. The number of pyridine rings is 1. The lowest BCUT2D eigenvalue weighted by Gasteiger charge is -2.19. The summed E-state index contributed by atoms with van der Waals surface area (Å²) >= 11 is 0. The second-order valence-corrected chi connectivity index (χ2v) is 8.21. The normalized spacial score (nSPS) is 13.3. The van der Waals surface area contributed by atoms with Gasteiger partial charge in [0.25, 0.3) is 5.91 Å². The van der Waals surface area contributed by atoms with Crippen molar-refractivity contribution in [1.82, 2.24) is 9.38 Å². The molecule has 1 amide bonds. The maximum Gasteiger partial charge on any atom is 0.259 e. The number of hydrogen-bond acceptors (Lipinski definition) is 7. The predicted octanol–water partition coefficient (Wildman–Crippen LogP) is 4.21. The highest BCUT2D eigenvalue weighted by atomic mass is 16.7. The number of fused-ring (bicyclic) bond motifs is 3. The fourth-order valence-corrected chi connectivity index (χ4v) is 4.29. The van der Waals surface area contributed by atoms with Crippen LogP contribution in [-0.2, 0) is 13.0 Å². The van der Waals surface area contributed by atoms with Crippen LogP contribution in [-0.4, -0.2) is 35.9 Å². The van der Waals surface area contributed by atoms with Crippen LogP contribution >= 0.6 is 0 Å². The summed E-state index contributed by atoms with van der Waals surface area (Å²) in [7, 11) is 1.75. The van der Waals surface area contributed by atoms with Gasteiger partial charge in [-0.25, -0.2) is 4.98 Å². The van der Waals surface area contributed by atoms with Gasteiger partial charge in [0.15, 0.2) is 34.4 Å². The van der Waals surface area contributed by atoms with Crippen molar-refractivity contribution in [1.29, 1.82) is 0 Å². The van der Waals surface area contributed by atoms with Gasteiger partial charge in [-0.15, -0.1) is 0 Å². The first kappa shape index (κ1) is 21.2. The first-order chi connectivity index (χ1) is 17.1. The molecule has 0 aliphatic carbocycles. The molecule has 0 atom stereocenters. The topological polar surface area (TPSA) is 83.8 Å². The molecular weight excluding hydrogens is 450 g/mol. The standard InChI is InChI=1S/C26H23N3O6/c1-3-18-25(28(2)26(30)17-7-9-20-23(12-17)35-15-33-20)29-10-4-5-21(24(29)27-18)31-13-16-6-8-19-22(11-16)34-14-32-19/h4-12H,3,13-15H2,1-2H3. The van der Waals surface area contributed by atoms with Crippen LogP contribution in [0.2, 0.25) is 0 Å². The van der Waals surface area contributed by atoms with E-state index in [1.807, 2.05) is 47.9 Å². The van der Waals surface area contributed by atoms with Crippen molar-refractivity contribution in [3.8, 4) is 28.7 Å². The fraction of sp³-hybridized carbons (Fsp3) is 0.231. The molecule has 0 spiro atoms. The van der Waals surface area contributed by atoms with Crippen molar-refractivity contribution in [2.75, 3.05) is 25.5 Å². The monoisotopic (exact) mass is 473 g/mol. The molecule has 35 heavy (non-hydrogen) atoms. The summed E-state index contributed by atoms with van der Waals surface area (Å²) < 4.78 is 29.7. The lowest BCUT2D eigenvalue weighted by atomic mass is 10.1. The highest BCUT2D eigenvalue weighted by molar-refractivity contribution is 6.06. The molecule has 9 nitrogen and oxygen atoms in total. The third-order valence-electron chi connectivity index (χ3n) is 6.07. The molecule has 0 unspecified atom stereocenters. The van der Waals surface area contributed by atoms with E-state index in [0.29, 0.717) is 53.1 Å². The Hall–Kier alpha value is -4.40. The third kappa shape index (κ3) is 3.65. The highest BCUT2D eigenvalue weighted by Gasteiger charge is 2.24. The Balaban J connectivity index is 1.30. The summed E-state index contributed by atoms with van der Waals surface area (Å²) in [6.45, 7) is 2.74. The van der Waals surface area contributed by atoms with Gasteiger partial charge in [-0.3, -0.25) is 14.1 Å². The van der Waals surface area contributed by atoms with Gasteiger partial charge >= 0.3 is 0 Å². The number of carbonyl (C=O) groups is 1. The summed E-state index contributed by atoms with van der Waals surface area (Å²) in [6.07, 6.45) is 2.53. The molecular formula is C26H23N3O6. The fourth-order valence-electron chi connectivity index (χ4n) is 4.29. The van der Waals surface area contributed by atoms with Crippen molar-refractivity contribution in [3.63, 3.8) is 0 Å². The molecule has 2 aromatic heterocycles. The first-order valence-electron chi connectivity index (χ1n) is 11.3. The highest BCUT2D eigenvalue weighted by Crippen LogP contribution is 2.35. The van der Waals surface area contributed by atoms with Gasteiger partial charge in [0.05, 0.1) is 5.69 Å². The number of anilines is 1. The SMILES string of the molecule is CCc1nc2c(OCc3ccc4c(c3)OCO4)cccn2c1N(C)C(=O)c1ccc2c(c1)OCO2. The minimum atomic E-state index is -0.175. The van der Waals surface area contributed by atoms with E-state index in [1.165, 1.54) is 0 Å². The molecule has 0 radical (unpaired) electrons. The minimum absolute atomic E-state index is 0.158. The number of imidazole rings is 1. The van der Waals surface area contributed by atoms with Gasteiger partial charge in [-0.1, -0.05) is 13.0 Å². The van der Waals surface area contributed by atoms with Crippen LogP contribution in [0.5, 0.6) is 28.7 Å². The number of aryl methyl sites for hydroxylation is 1. The number of ether oxygens (including phenoxy) is 5. The van der Waals surface area contributed by atoms with E-state index < -0.39 is 0 Å². The van der Waals surface area contributed by atoms with Crippen LogP contribution in [0.3, 0.4) is 0 Å². The van der Waals surface area contributed by atoms with Crippen LogP contribution in [0, 0.1) is 0 Å². The molecule has 2 aromatic carbocycles. The Morgan fingerprint density at radius 1 is 1.00 bits per heavy atom. The largest absolute Gasteiger partial charge is 0.485 e. The second kappa shape index (κ2) is 8.43. The summed E-state index contributed by atoms with van der Waals surface area (Å²) in [4.78, 5) is 19.8. The van der Waals surface area contributed by atoms with E-state index in [4.69, 9.17) is 28.7 Å². The summed E-state index contributed by atoms with van der Waals surface area (Å²) in [6, 6.07) is 14.7. The number of benzene rings is 2. The average molecular weight is 473 g/mol. The zero-order valence-electron chi connectivity index (χ0n) is 19.3. The van der Waals surface area contributed by atoms with Crippen molar-refractivity contribution in [3.05, 3.63) is 71.5 Å². The molecule has 9 heteroatoms. The van der Waals surface area contributed by atoms with E-state index >= 15 is 0 Å². The lowest BCUT2D eigenvalue weighted by molar-refractivity contribution is 0.0991. The minimum Gasteiger partial charge on any atom is -0.485 e. The van der Waals surface area contributed by atoms with Crippen molar-refractivity contribution < 1.29 is 28.5 Å². The molecule has 4 aromatic rings. The summed E-state index contributed by atoms with van der Waals surface area (Å²) in [5.41, 5.74) is 2.89. The van der Waals surface area contributed by atoms with Gasteiger partial charge in [0, 0.05) is 18.8 Å². The molecule has 0 N–H and O–H groups in total. The molecule has 178 valence electrons. The van der Waals surface area contributed by atoms with E-state index in [-0.39, 0.29) is 19.5 Å². The maximum atomic E-state index is 13.4. The number of hydrogen-bond donors (Lipinski definition) is 0. The van der Waals surface area contributed by atoms with Gasteiger partial charge in [-0.2, -0.15) is 0 Å². The van der Waals surface area contributed by atoms with Crippen LogP contribution in [0.25, 0.3) is 5.65 Å². The zero-order valence-corrected chi connectivity index (χ0v) is 19.3. The average Bonchev–Trinajstić information content (AvgIpc) is 3.63. The molecule has 0 saturated carbocycles. The molecule has 2 aliphatic heterocycles. The van der Waals surface area contributed by atoms with E-state index in [9.17, 15) is 4.79 Å². The van der Waals surface area contributed by atoms with Crippen molar-refractivity contribution in [2.45, 2.75) is 20.0 Å². The Morgan fingerprint density at radius 2 is 1.71 bits per heavy atom. The van der Waals surface area contributed by atoms with Gasteiger partial charge in [-0.05, 0) is 54.4 Å². The molecule has 0 bridgehead atoms. The van der Waals surface area contributed by atoms with Crippen molar-refractivity contribution >= 4 is 17.4 Å². The van der Waals surface area contributed by atoms with E-state index in [2.05, 4.69) is 0 Å². The molecule has 2 aliphatic rings. The third-order valence-corrected chi connectivity index (χ3v) is 6.07. The first-order valence-corrected chi connectivity index (χ1v) is 11.3. The number of carbonyl (C=O) groups excluding carboxylic acids is 1. The summed E-state index contributed by atoms with van der Waals surface area (Å²) in [5.74, 6) is 3.79. The second-order valence-electron chi connectivity index (χ2n) is 8.21. The van der Waals surface area contributed by atoms with Crippen LogP contribution in [0.15, 0.2) is 54.7 Å². The zero-order chi connectivity index (χ0) is 23.9. The molecule has 6 rings (SSSR count). The van der Waals surface area contributed by atoms with E-state index in [0.717, 1.165) is 17.0 Å². The lowest BCUT2D eigenvalue weighted by Crippen LogP contribution is -2.28. The Morgan fingerprint density at radius 3 is 2.49 bits per heavy atom. The number of nitrogens with zero attached hydrogens (tertiary/aromatic N) is 3. The van der Waals surface area contributed by atoms with Crippen LogP contribution in [0.4, 0.5) is 5.82 Å². The summed E-state index contributed by atoms with van der Waals surface area (Å²) in [5, 5.41) is 0. The maximum absolute atomic E-state index is 13.4. The van der Waals surface area contributed by atoms with E-state index in [1.54, 1.807) is 30.1 Å². The van der Waals surface area contributed by atoms with Gasteiger partial charge < -0.3 is 23.7 Å². The quantitative estimate of drug-likeness (QED) is 0.415. The Kier molecular flexibility index (Phi) is 5.09. The predicted molar refractivity (Wildman–Crippen MR) is 127 cm³/mol. The van der Waals surface area contributed by atoms with Crippen LogP contribution in [0.1, 0.15) is 28.5 Å². The smallest absolute Gasteiger partial charge is 0.259 e. The van der Waals surface area contributed by atoms with Gasteiger partial charge in [0.1, 0.15) is 12.4 Å². The molecule has 0 fully saturated rings. The number of amides is 1. The van der Waals surface area contributed by atoms with Crippen LogP contribution < -0.4 is 28.6 Å². The Labute approximate surface area is 201 Å². The number of rotatable bonds is 6.